The molecule has 1 aromatic heterocycles. The summed E-state index contributed by atoms with van der Waals surface area (Å²) in [5.41, 5.74) is 0.435. The standard InChI is InChI=1S/C16H21FN4O/c1-22-12-15-18-16(11-20-9-5-2-6-10-20)21(19-15)14-8-4-3-7-13(14)17/h3-4,7-8H,2,5-6,9-12H2,1H3. The van der Waals surface area contributed by atoms with Gasteiger partial charge < -0.3 is 4.74 Å². The normalized spacial score (nSPS) is 16.1. The van der Waals surface area contributed by atoms with Crippen LogP contribution in [0.5, 0.6) is 0 Å². The predicted octanol–water partition coefficient (Wildman–Crippen LogP) is 2.54. The highest BCUT2D eigenvalue weighted by Crippen LogP contribution is 2.17. The number of piperidine rings is 1. The smallest absolute Gasteiger partial charge is 0.177 e. The van der Waals surface area contributed by atoms with Crippen LogP contribution < -0.4 is 0 Å². The van der Waals surface area contributed by atoms with Crippen LogP contribution in [-0.4, -0.2) is 39.9 Å². The maximum Gasteiger partial charge on any atom is 0.177 e. The second kappa shape index (κ2) is 6.98. The van der Waals surface area contributed by atoms with Gasteiger partial charge in [-0.05, 0) is 38.1 Å². The Labute approximate surface area is 129 Å². The van der Waals surface area contributed by atoms with Crippen molar-refractivity contribution in [3.8, 4) is 5.69 Å². The van der Waals surface area contributed by atoms with E-state index in [0.717, 1.165) is 18.9 Å². The molecule has 0 aliphatic carbocycles. The second-order valence-electron chi connectivity index (χ2n) is 5.58. The highest BCUT2D eigenvalue weighted by molar-refractivity contribution is 5.33. The lowest BCUT2D eigenvalue weighted by Crippen LogP contribution is -2.30. The third-order valence-corrected chi connectivity index (χ3v) is 3.89. The summed E-state index contributed by atoms with van der Waals surface area (Å²) in [5, 5.41) is 4.41. The molecule has 0 N–H and O–H groups in total. The molecule has 0 amide bonds. The van der Waals surface area contributed by atoms with E-state index in [1.807, 2.05) is 0 Å². The molecule has 1 aliphatic heterocycles. The fourth-order valence-corrected chi connectivity index (χ4v) is 2.82. The first kappa shape index (κ1) is 15.1. The number of ether oxygens (including phenoxy) is 1. The third kappa shape index (κ3) is 3.34. The first-order valence-electron chi connectivity index (χ1n) is 7.69. The molecule has 0 bridgehead atoms. The number of hydrogen-bond acceptors (Lipinski definition) is 4. The number of aromatic nitrogens is 3. The minimum Gasteiger partial charge on any atom is -0.377 e. The van der Waals surface area contributed by atoms with E-state index in [-0.39, 0.29) is 5.82 Å². The average Bonchev–Trinajstić information content (AvgIpc) is 2.91. The molecule has 1 aromatic carbocycles. The Bertz CT molecular complexity index is 622. The van der Waals surface area contributed by atoms with Crippen LogP contribution >= 0.6 is 0 Å². The lowest BCUT2D eigenvalue weighted by atomic mass is 10.1. The van der Waals surface area contributed by atoms with E-state index in [0.29, 0.717) is 24.7 Å². The molecule has 0 unspecified atom stereocenters. The fraction of sp³-hybridized carbons (Fsp3) is 0.500. The zero-order valence-electron chi connectivity index (χ0n) is 12.8. The number of rotatable bonds is 5. The molecule has 0 atom stereocenters. The number of nitrogens with zero attached hydrogens (tertiary/aromatic N) is 4. The van der Waals surface area contributed by atoms with Crippen molar-refractivity contribution in [3.05, 3.63) is 41.7 Å². The number of hydrogen-bond donors (Lipinski definition) is 0. The summed E-state index contributed by atoms with van der Waals surface area (Å²) in [6.45, 7) is 3.13. The predicted molar refractivity (Wildman–Crippen MR) is 81.2 cm³/mol. The van der Waals surface area contributed by atoms with Crippen molar-refractivity contribution < 1.29 is 9.13 Å². The van der Waals surface area contributed by atoms with E-state index < -0.39 is 0 Å². The molecular weight excluding hydrogens is 283 g/mol. The van der Waals surface area contributed by atoms with Crippen molar-refractivity contribution in [2.75, 3.05) is 20.2 Å². The van der Waals surface area contributed by atoms with E-state index in [4.69, 9.17) is 4.74 Å². The summed E-state index contributed by atoms with van der Waals surface area (Å²) in [5.74, 6) is 1.05. The highest BCUT2D eigenvalue weighted by atomic mass is 19.1. The van der Waals surface area contributed by atoms with Crippen LogP contribution in [0, 0.1) is 5.82 Å². The monoisotopic (exact) mass is 304 g/mol. The van der Waals surface area contributed by atoms with Gasteiger partial charge in [-0.25, -0.2) is 14.1 Å². The van der Waals surface area contributed by atoms with Gasteiger partial charge in [-0.2, -0.15) is 0 Å². The van der Waals surface area contributed by atoms with E-state index in [9.17, 15) is 4.39 Å². The zero-order chi connectivity index (χ0) is 15.4. The SMILES string of the molecule is COCc1nc(CN2CCCCC2)n(-c2ccccc2F)n1. The summed E-state index contributed by atoms with van der Waals surface area (Å²) < 4.78 is 20.8. The van der Waals surface area contributed by atoms with Crippen LogP contribution in [0.2, 0.25) is 0 Å². The van der Waals surface area contributed by atoms with Crippen molar-refractivity contribution in [1.82, 2.24) is 19.7 Å². The summed E-state index contributed by atoms with van der Waals surface area (Å²) in [6.07, 6.45) is 3.70. The van der Waals surface area contributed by atoms with E-state index in [2.05, 4.69) is 15.0 Å². The molecule has 1 saturated heterocycles. The third-order valence-electron chi connectivity index (χ3n) is 3.89. The number of halogens is 1. The van der Waals surface area contributed by atoms with Crippen LogP contribution in [0.3, 0.4) is 0 Å². The lowest BCUT2D eigenvalue weighted by Gasteiger charge is -2.25. The molecule has 0 saturated carbocycles. The summed E-state index contributed by atoms with van der Waals surface area (Å²) in [7, 11) is 1.61. The topological polar surface area (TPSA) is 43.2 Å². The molecule has 0 spiro atoms. The molecule has 3 rings (SSSR count). The lowest BCUT2D eigenvalue weighted by molar-refractivity contribution is 0.177. The molecule has 1 aliphatic rings. The largest absolute Gasteiger partial charge is 0.377 e. The highest BCUT2D eigenvalue weighted by Gasteiger charge is 2.18. The van der Waals surface area contributed by atoms with Crippen LogP contribution in [0.1, 0.15) is 30.9 Å². The van der Waals surface area contributed by atoms with Gasteiger partial charge in [0, 0.05) is 7.11 Å². The van der Waals surface area contributed by atoms with Gasteiger partial charge in [0.15, 0.2) is 5.82 Å². The Morgan fingerprint density at radius 3 is 2.68 bits per heavy atom. The van der Waals surface area contributed by atoms with Gasteiger partial charge in [-0.15, -0.1) is 5.10 Å². The van der Waals surface area contributed by atoms with Crippen molar-refractivity contribution in [1.29, 1.82) is 0 Å². The Balaban J connectivity index is 1.91. The number of methoxy groups -OCH3 is 1. The Hall–Kier alpha value is -1.79. The first-order chi connectivity index (χ1) is 10.8. The van der Waals surface area contributed by atoms with Crippen molar-refractivity contribution in [3.63, 3.8) is 0 Å². The van der Waals surface area contributed by atoms with E-state index in [1.54, 1.807) is 30.0 Å². The summed E-state index contributed by atoms with van der Waals surface area (Å²) >= 11 is 0. The van der Waals surface area contributed by atoms with Crippen LogP contribution in [0.25, 0.3) is 5.69 Å². The Kier molecular flexibility index (Phi) is 4.80. The Morgan fingerprint density at radius 2 is 1.95 bits per heavy atom. The van der Waals surface area contributed by atoms with Gasteiger partial charge >= 0.3 is 0 Å². The van der Waals surface area contributed by atoms with Gasteiger partial charge in [0.25, 0.3) is 0 Å². The molecule has 6 heteroatoms. The minimum atomic E-state index is -0.295. The molecule has 5 nitrogen and oxygen atoms in total. The van der Waals surface area contributed by atoms with Gasteiger partial charge in [-0.3, -0.25) is 4.90 Å². The van der Waals surface area contributed by atoms with Crippen molar-refractivity contribution >= 4 is 0 Å². The van der Waals surface area contributed by atoms with Crippen LogP contribution in [0.4, 0.5) is 4.39 Å². The van der Waals surface area contributed by atoms with Gasteiger partial charge in [0.2, 0.25) is 0 Å². The second-order valence-corrected chi connectivity index (χ2v) is 5.58. The quantitative estimate of drug-likeness (QED) is 0.851. The molecule has 0 radical (unpaired) electrons. The van der Waals surface area contributed by atoms with E-state index in [1.165, 1.54) is 25.3 Å². The molecule has 1 fully saturated rings. The maximum absolute atomic E-state index is 14.1. The molecule has 22 heavy (non-hydrogen) atoms. The fourth-order valence-electron chi connectivity index (χ4n) is 2.82. The molecule has 2 aromatic rings. The summed E-state index contributed by atoms with van der Waals surface area (Å²) in [4.78, 5) is 6.88. The molecular formula is C16H21FN4O. The van der Waals surface area contributed by atoms with Crippen molar-refractivity contribution in [2.45, 2.75) is 32.4 Å². The number of likely N-dealkylation sites (tertiary alicyclic amines) is 1. The molecule has 118 valence electrons. The number of benzene rings is 1. The zero-order valence-corrected chi connectivity index (χ0v) is 12.8. The van der Waals surface area contributed by atoms with Crippen LogP contribution in [0.15, 0.2) is 24.3 Å². The Morgan fingerprint density at radius 1 is 1.18 bits per heavy atom. The van der Waals surface area contributed by atoms with Crippen LogP contribution in [-0.2, 0) is 17.9 Å². The van der Waals surface area contributed by atoms with Gasteiger partial charge in [-0.1, -0.05) is 18.6 Å². The minimum absolute atomic E-state index is 0.295. The first-order valence-corrected chi connectivity index (χ1v) is 7.69. The maximum atomic E-state index is 14.1. The number of para-hydroxylation sites is 1. The van der Waals surface area contributed by atoms with Crippen molar-refractivity contribution in [2.24, 2.45) is 0 Å². The van der Waals surface area contributed by atoms with Gasteiger partial charge in [0.05, 0.1) is 6.54 Å². The summed E-state index contributed by atoms with van der Waals surface area (Å²) in [6, 6.07) is 6.65. The molecule has 2 heterocycles. The van der Waals surface area contributed by atoms with E-state index >= 15 is 0 Å². The van der Waals surface area contributed by atoms with Gasteiger partial charge in [0.1, 0.15) is 23.9 Å². The average molecular weight is 304 g/mol.